The normalized spacial score (nSPS) is 12.5. The maximum Gasteiger partial charge on any atom is 0.414 e. The van der Waals surface area contributed by atoms with Gasteiger partial charge in [-0.2, -0.15) is 4.98 Å². The molecule has 0 radical (unpaired) electrons. The van der Waals surface area contributed by atoms with Crippen LogP contribution in [0.25, 0.3) is 11.1 Å². The quantitative estimate of drug-likeness (QED) is 0.400. The van der Waals surface area contributed by atoms with Crippen LogP contribution in [0.3, 0.4) is 0 Å². The molecule has 4 rings (SSSR count). The number of amides is 2. The van der Waals surface area contributed by atoms with E-state index in [1.165, 1.54) is 0 Å². The predicted molar refractivity (Wildman–Crippen MR) is 123 cm³/mol. The molecule has 1 aliphatic carbocycles. The number of benzene rings is 2. The van der Waals surface area contributed by atoms with Crippen molar-refractivity contribution in [2.75, 3.05) is 18.5 Å². The van der Waals surface area contributed by atoms with E-state index >= 15 is 0 Å². The summed E-state index contributed by atoms with van der Waals surface area (Å²) < 4.78 is 5.44. The number of carboxylic acids is 1. The molecule has 0 bridgehead atoms. The lowest BCUT2D eigenvalue weighted by molar-refractivity contribution is -0.147. The molecule has 176 valence electrons. The second-order valence-corrected chi connectivity index (χ2v) is 8.65. The first-order valence-corrected chi connectivity index (χ1v) is 10.8. The minimum absolute atomic E-state index is 0.0818. The number of nitrogens with zero attached hydrogens (tertiary/aromatic N) is 2. The van der Waals surface area contributed by atoms with Gasteiger partial charge in [0.05, 0.1) is 5.41 Å². The second-order valence-electron chi connectivity index (χ2n) is 8.65. The summed E-state index contributed by atoms with van der Waals surface area (Å²) in [6.45, 7) is 3.43. The van der Waals surface area contributed by atoms with Crippen LogP contribution in [-0.2, 0) is 9.53 Å². The Hall–Kier alpha value is -4.21. The summed E-state index contributed by atoms with van der Waals surface area (Å²) in [6, 6.07) is 16.0. The van der Waals surface area contributed by atoms with Crippen molar-refractivity contribution in [3.8, 4) is 11.1 Å². The summed E-state index contributed by atoms with van der Waals surface area (Å²) in [5.74, 6) is -1.80. The molecule has 34 heavy (non-hydrogen) atoms. The van der Waals surface area contributed by atoms with Crippen molar-refractivity contribution >= 4 is 23.9 Å². The molecule has 0 atom stereocenters. The maximum absolute atomic E-state index is 12.3. The van der Waals surface area contributed by atoms with E-state index in [1.807, 2.05) is 36.4 Å². The molecule has 0 unspecified atom stereocenters. The van der Waals surface area contributed by atoms with Crippen molar-refractivity contribution in [3.05, 3.63) is 65.5 Å². The topological polar surface area (TPSA) is 146 Å². The number of carboxylic acid groups (broad SMARTS) is 1. The van der Waals surface area contributed by atoms with E-state index in [9.17, 15) is 14.4 Å². The molecule has 0 saturated heterocycles. The van der Waals surface area contributed by atoms with Crippen LogP contribution in [0.4, 0.5) is 10.7 Å². The number of aromatic nitrogens is 3. The molecule has 0 spiro atoms. The zero-order valence-electron chi connectivity index (χ0n) is 18.8. The Morgan fingerprint density at radius 1 is 1.06 bits per heavy atom. The summed E-state index contributed by atoms with van der Waals surface area (Å²) >= 11 is 0. The Balaban J connectivity index is 1.31. The average molecular weight is 463 g/mol. The molecule has 0 saturated carbocycles. The Kier molecular flexibility index (Phi) is 6.31. The number of hydrogen-bond donors (Lipinski definition) is 4. The van der Waals surface area contributed by atoms with Gasteiger partial charge in [0, 0.05) is 12.5 Å². The minimum Gasteiger partial charge on any atom is -0.481 e. The van der Waals surface area contributed by atoms with Crippen LogP contribution >= 0.6 is 0 Å². The van der Waals surface area contributed by atoms with E-state index in [-0.39, 0.29) is 37.3 Å². The lowest BCUT2D eigenvalue weighted by Crippen LogP contribution is -2.32. The lowest BCUT2D eigenvalue weighted by atomic mass is 9.90. The Morgan fingerprint density at radius 3 is 2.29 bits per heavy atom. The highest BCUT2D eigenvalue weighted by Gasteiger charge is 2.29. The van der Waals surface area contributed by atoms with Crippen molar-refractivity contribution < 1.29 is 24.2 Å². The van der Waals surface area contributed by atoms with Gasteiger partial charge >= 0.3 is 12.1 Å². The third-order valence-electron chi connectivity index (χ3n) is 5.87. The second kappa shape index (κ2) is 9.34. The SMILES string of the molecule is CC(C)(CCNC(=O)c1nc(NC(=O)OCC2c3ccccc3-c3ccccc32)n[nH]1)C(=O)O. The van der Waals surface area contributed by atoms with Gasteiger partial charge in [-0.15, -0.1) is 5.10 Å². The van der Waals surface area contributed by atoms with Gasteiger partial charge in [0.1, 0.15) is 6.61 Å². The minimum atomic E-state index is -0.967. The standard InChI is InChI=1S/C24H25N5O5/c1-24(2,21(31)32)11-12-25-20(30)19-26-22(29-28-19)27-23(33)34-13-18-16-9-5-3-7-14(16)15-8-4-6-10-17(15)18/h3-10,18H,11-13H2,1-2H3,(H,25,30)(H,31,32)(H2,26,27,28,29,33). The molecule has 0 aliphatic heterocycles. The fourth-order valence-electron chi connectivity index (χ4n) is 3.82. The molecule has 1 aliphatic rings. The van der Waals surface area contributed by atoms with E-state index in [1.54, 1.807) is 13.8 Å². The van der Waals surface area contributed by atoms with Crippen LogP contribution in [0.1, 0.15) is 47.9 Å². The molecule has 10 heteroatoms. The largest absolute Gasteiger partial charge is 0.481 e. The number of rotatable bonds is 8. The smallest absolute Gasteiger partial charge is 0.414 e. The van der Waals surface area contributed by atoms with Crippen LogP contribution in [0, 0.1) is 5.41 Å². The lowest BCUT2D eigenvalue weighted by Gasteiger charge is -2.18. The van der Waals surface area contributed by atoms with Gasteiger partial charge < -0.3 is 15.2 Å². The molecule has 3 aromatic rings. The van der Waals surface area contributed by atoms with E-state index in [2.05, 4.69) is 37.9 Å². The van der Waals surface area contributed by atoms with E-state index < -0.39 is 23.4 Å². The number of H-pyrrole nitrogens is 1. The summed E-state index contributed by atoms with van der Waals surface area (Å²) in [5.41, 5.74) is 3.48. The Morgan fingerprint density at radius 2 is 1.68 bits per heavy atom. The van der Waals surface area contributed by atoms with Gasteiger partial charge in [0.25, 0.3) is 11.9 Å². The molecule has 2 aromatic carbocycles. The van der Waals surface area contributed by atoms with Gasteiger partial charge in [-0.25, -0.2) is 4.79 Å². The van der Waals surface area contributed by atoms with Gasteiger partial charge in [-0.05, 0) is 42.5 Å². The molecule has 2 amide bonds. The first-order chi connectivity index (χ1) is 16.3. The van der Waals surface area contributed by atoms with Crippen LogP contribution in [-0.4, -0.2) is 51.4 Å². The highest BCUT2D eigenvalue weighted by Crippen LogP contribution is 2.44. The summed E-state index contributed by atoms with van der Waals surface area (Å²) in [7, 11) is 0. The van der Waals surface area contributed by atoms with Gasteiger partial charge in [0.2, 0.25) is 5.82 Å². The molecule has 4 N–H and O–H groups in total. The van der Waals surface area contributed by atoms with Crippen LogP contribution in [0.15, 0.2) is 48.5 Å². The number of anilines is 1. The average Bonchev–Trinajstić information content (AvgIpc) is 3.40. The number of carbonyl (C=O) groups is 3. The highest BCUT2D eigenvalue weighted by molar-refractivity contribution is 5.91. The first kappa shape index (κ1) is 23.0. The van der Waals surface area contributed by atoms with Gasteiger partial charge in [0.15, 0.2) is 0 Å². The maximum atomic E-state index is 12.3. The number of nitrogens with one attached hydrogen (secondary N) is 3. The van der Waals surface area contributed by atoms with Crippen molar-refractivity contribution in [3.63, 3.8) is 0 Å². The molecule has 0 fully saturated rings. The summed E-state index contributed by atoms with van der Waals surface area (Å²) in [6.07, 6.45) is -0.497. The number of carbonyl (C=O) groups excluding carboxylic acids is 2. The number of ether oxygens (including phenoxy) is 1. The number of hydrogen-bond acceptors (Lipinski definition) is 6. The van der Waals surface area contributed by atoms with E-state index in [0.29, 0.717) is 0 Å². The van der Waals surface area contributed by atoms with Crippen LogP contribution < -0.4 is 10.6 Å². The summed E-state index contributed by atoms with van der Waals surface area (Å²) in [5, 5.41) is 20.4. The van der Waals surface area contributed by atoms with Crippen LogP contribution in [0.5, 0.6) is 0 Å². The van der Waals surface area contributed by atoms with E-state index in [0.717, 1.165) is 22.3 Å². The van der Waals surface area contributed by atoms with Gasteiger partial charge in [-0.1, -0.05) is 48.5 Å². The third kappa shape index (κ3) is 4.75. The van der Waals surface area contributed by atoms with Crippen molar-refractivity contribution in [1.29, 1.82) is 0 Å². The summed E-state index contributed by atoms with van der Waals surface area (Å²) in [4.78, 5) is 39.6. The third-order valence-corrected chi connectivity index (χ3v) is 5.87. The monoisotopic (exact) mass is 463 g/mol. The fourth-order valence-corrected chi connectivity index (χ4v) is 3.82. The molecule has 1 aromatic heterocycles. The molecule has 1 heterocycles. The van der Waals surface area contributed by atoms with Crippen molar-refractivity contribution in [1.82, 2.24) is 20.5 Å². The molecular formula is C24H25N5O5. The number of aliphatic carboxylic acids is 1. The Labute approximate surface area is 195 Å². The molecular weight excluding hydrogens is 438 g/mol. The van der Waals surface area contributed by atoms with Crippen molar-refractivity contribution in [2.24, 2.45) is 5.41 Å². The molecule has 10 nitrogen and oxygen atoms in total. The highest BCUT2D eigenvalue weighted by atomic mass is 16.5. The van der Waals surface area contributed by atoms with Crippen molar-refractivity contribution in [2.45, 2.75) is 26.2 Å². The van der Waals surface area contributed by atoms with Gasteiger partial charge in [-0.3, -0.25) is 20.0 Å². The number of aromatic amines is 1. The predicted octanol–water partition coefficient (Wildman–Crippen LogP) is 3.40. The zero-order chi connectivity index (χ0) is 24.3. The Bertz CT molecular complexity index is 1190. The van der Waals surface area contributed by atoms with E-state index in [4.69, 9.17) is 9.84 Å². The zero-order valence-corrected chi connectivity index (χ0v) is 18.8. The first-order valence-electron chi connectivity index (χ1n) is 10.8. The fraction of sp³-hybridized carbons (Fsp3) is 0.292. The van der Waals surface area contributed by atoms with Crippen LogP contribution in [0.2, 0.25) is 0 Å². The number of fused-ring (bicyclic) bond motifs is 3.